The molecule has 21 heavy (non-hydrogen) atoms. The molecule has 1 fully saturated rings. The van der Waals surface area contributed by atoms with Gasteiger partial charge in [0.05, 0.1) is 24.6 Å². The van der Waals surface area contributed by atoms with Crippen LogP contribution in [-0.4, -0.2) is 41.6 Å². The molecule has 5 heteroatoms. The topological polar surface area (TPSA) is 74.9 Å². The zero-order valence-electron chi connectivity index (χ0n) is 12.6. The minimum atomic E-state index is -0.606. The predicted molar refractivity (Wildman–Crippen MR) is 79.9 cm³/mol. The lowest BCUT2D eigenvalue weighted by molar-refractivity contribution is 0.00685. The summed E-state index contributed by atoms with van der Waals surface area (Å²) in [6.45, 7) is 1.60. The van der Waals surface area contributed by atoms with Gasteiger partial charge < -0.3 is 24.7 Å². The van der Waals surface area contributed by atoms with Crippen LogP contribution < -0.4 is 5.32 Å². The van der Waals surface area contributed by atoms with Crippen LogP contribution in [0.1, 0.15) is 44.3 Å². The molecule has 0 spiro atoms. The largest absolute Gasteiger partial charge is 0.467 e. The third kappa shape index (κ3) is 6.18. The lowest BCUT2D eigenvalue weighted by atomic mass is 9.94. The molecule has 1 aromatic rings. The van der Waals surface area contributed by atoms with E-state index >= 15 is 0 Å². The van der Waals surface area contributed by atoms with Crippen LogP contribution in [0.4, 0.5) is 0 Å². The highest BCUT2D eigenvalue weighted by Crippen LogP contribution is 2.26. The first-order chi connectivity index (χ1) is 10.2. The summed E-state index contributed by atoms with van der Waals surface area (Å²) in [4.78, 5) is 0. The van der Waals surface area contributed by atoms with Crippen LogP contribution in [-0.2, 0) is 11.3 Å². The third-order valence-corrected chi connectivity index (χ3v) is 4.00. The van der Waals surface area contributed by atoms with Gasteiger partial charge in [0, 0.05) is 13.1 Å². The summed E-state index contributed by atoms with van der Waals surface area (Å²) in [6.07, 6.45) is 7.34. The van der Waals surface area contributed by atoms with Gasteiger partial charge in [-0.25, -0.2) is 0 Å². The van der Waals surface area contributed by atoms with E-state index in [0.29, 0.717) is 19.7 Å². The molecule has 5 nitrogen and oxygen atoms in total. The van der Waals surface area contributed by atoms with Crippen molar-refractivity contribution in [2.24, 2.45) is 0 Å². The second kappa shape index (κ2) is 8.54. The number of furan rings is 1. The third-order valence-electron chi connectivity index (χ3n) is 4.00. The van der Waals surface area contributed by atoms with Crippen molar-refractivity contribution in [1.82, 2.24) is 5.32 Å². The van der Waals surface area contributed by atoms with Gasteiger partial charge in [0.1, 0.15) is 12.4 Å². The van der Waals surface area contributed by atoms with Crippen molar-refractivity contribution in [3.63, 3.8) is 0 Å². The van der Waals surface area contributed by atoms with Crippen LogP contribution in [0.3, 0.4) is 0 Å². The summed E-state index contributed by atoms with van der Waals surface area (Å²) in [5, 5.41) is 23.5. The molecule has 1 aliphatic rings. The Kier molecular flexibility index (Phi) is 6.70. The van der Waals surface area contributed by atoms with E-state index in [2.05, 4.69) is 5.32 Å². The van der Waals surface area contributed by atoms with Crippen LogP contribution >= 0.6 is 0 Å². The number of hydrogen-bond donors (Lipinski definition) is 3. The van der Waals surface area contributed by atoms with Crippen molar-refractivity contribution in [2.45, 2.75) is 56.8 Å². The molecule has 0 bridgehead atoms. The van der Waals surface area contributed by atoms with Crippen molar-refractivity contribution in [3.8, 4) is 0 Å². The Balaban J connectivity index is 1.56. The van der Waals surface area contributed by atoms with E-state index in [-0.39, 0.29) is 6.61 Å². The first-order valence-corrected chi connectivity index (χ1v) is 7.89. The van der Waals surface area contributed by atoms with E-state index in [4.69, 9.17) is 9.15 Å². The molecule has 1 unspecified atom stereocenters. The second-order valence-electron chi connectivity index (χ2n) is 6.02. The molecule has 1 aromatic heterocycles. The quantitative estimate of drug-likeness (QED) is 0.638. The Morgan fingerprint density at radius 3 is 2.71 bits per heavy atom. The van der Waals surface area contributed by atoms with Gasteiger partial charge in [0.15, 0.2) is 0 Å². The minimum Gasteiger partial charge on any atom is -0.467 e. The Labute approximate surface area is 126 Å². The summed E-state index contributed by atoms with van der Waals surface area (Å²) >= 11 is 0. The minimum absolute atomic E-state index is 0.256. The standard InChI is InChI=1S/C16H27NO4/c18-14(11-20-12-15-6-5-9-21-15)10-17-13-16(19)7-3-1-2-4-8-16/h5-6,9,14,17-19H,1-4,7-8,10-13H2. The zero-order valence-corrected chi connectivity index (χ0v) is 12.6. The van der Waals surface area contributed by atoms with Crippen LogP contribution in [0.2, 0.25) is 0 Å². The van der Waals surface area contributed by atoms with Crippen molar-refractivity contribution in [1.29, 1.82) is 0 Å². The fraction of sp³-hybridized carbons (Fsp3) is 0.750. The second-order valence-corrected chi connectivity index (χ2v) is 6.02. The molecule has 1 heterocycles. The maximum absolute atomic E-state index is 10.5. The van der Waals surface area contributed by atoms with Crippen molar-refractivity contribution < 1.29 is 19.4 Å². The first kappa shape index (κ1) is 16.5. The molecule has 1 aliphatic carbocycles. The SMILES string of the molecule is OC(CNCC1(O)CCCCCC1)COCc1ccco1. The van der Waals surface area contributed by atoms with Gasteiger partial charge in [-0.2, -0.15) is 0 Å². The monoisotopic (exact) mass is 297 g/mol. The summed E-state index contributed by atoms with van der Waals surface area (Å²) in [5.74, 6) is 0.753. The van der Waals surface area contributed by atoms with Gasteiger partial charge in [-0.3, -0.25) is 0 Å². The van der Waals surface area contributed by atoms with E-state index in [1.165, 1.54) is 12.8 Å². The predicted octanol–water partition coefficient (Wildman–Crippen LogP) is 1.83. The van der Waals surface area contributed by atoms with Crippen molar-refractivity contribution in [3.05, 3.63) is 24.2 Å². The van der Waals surface area contributed by atoms with Gasteiger partial charge in [-0.15, -0.1) is 0 Å². The number of rotatable bonds is 8. The first-order valence-electron chi connectivity index (χ1n) is 7.89. The molecule has 1 saturated carbocycles. The molecule has 3 N–H and O–H groups in total. The zero-order chi connectivity index (χ0) is 15.0. The molecule has 0 saturated heterocycles. The maximum Gasteiger partial charge on any atom is 0.129 e. The molecule has 1 atom stereocenters. The Bertz CT molecular complexity index is 372. The smallest absolute Gasteiger partial charge is 0.129 e. The molecular formula is C16H27NO4. The molecular weight excluding hydrogens is 270 g/mol. The number of aliphatic hydroxyl groups excluding tert-OH is 1. The van der Waals surface area contributed by atoms with E-state index < -0.39 is 11.7 Å². The fourth-order valence-corrected chi connectivity index (χ4v) is 2.78. The number of ether oxygens (including phenoxy) is 1. The van der Waals surface area contributed by atoms with Crippen LogP contribution in [0.15, 0.2) is 22.8 Å². The highest BCUT2D eigenvalue weighted by molar-refractivity contribution is 4.96. The summed E-state index contributed by atoms with van der Waals surface area (Å²) in [5.41, 5.74) is -0.606. The van der Waals surface area contributed by atoms with Gasteiger partial charge in [0.2, 0.25) is 0 Å². The molecule has 0 aromatic carbocycles. The van der Waals surface area contributed by atoms with Crippen LogP contribution in [0.5, 0.6) is 0 Å². The summed E-state index contributed by atoms with van der Waals surface area (Å²) in [6, 6.07) is 3.65. The Morgan fingerprint density at radius 1 is 1.29 bits per heavy atom. The Morgan fingerprint density at radius 2 is 2.05 bits per heavy atom. The van der Waals surface area contributed by atoms with E-state index in [1.807, 2.05) is 12.1 Å². The van der Waals surface area contributed by atoms with Crippen molar-refractivity contribution >= 4 is 0 Å². The highest BCUT2D eigenvalue weighted by atomic mass is 16.5. The number of hydrogen-bond acceptors (Lipinski definition) is 5. The lowest BCUT2D eigenvalue weighted by Crippen LogP contribution is -2.43. The van der Waals surface area contributed by atoms with Crippen molar-refractivity contribution in [2.75, 3.05) is 19.7 Å². The van der Waals surface area contributed by atoms with Crippen LogP contribution in [0, 0.1) is 0 Å². The number of nitrogens with one attached hydrogen (secondary N) is 1. The molecule has 0 radical (unpaired) electrons. The maximum atomic E-state index is 10.5. The van der Waals surface area contributed by atoms with Crippen LogP contribution in [0.25, 0.3) is 0 Å². The molecule has 120 valence electrons. The van der Waals surface area contributed by atoms with E-state index in [0.717, 1.165) is 31.4 Å². The fourth-order valence-electron chi connectivity index (χ4n) is 2.78. The highest BCUT2D eigenvalue weighted by Gasteiger charge is 2.27. The van der Waals surface area contributed by atoms with Gasteiger partial charge >= 0.3 is 0 Å². The Hall–Kier alpha value is -0.880. The normalized spacial score (nSPS) is 20.1. The molecule has 0 aliphatic heterocycles. The lowest BCUT2D eigenvalue weighted by Gasteiger charge is -2.27. The van der Waals surface area contributed by atoms with E-state index in [9.17, 15) is 10.2 Å². The van der Waals surface area contributed by atoms with Gasteiger partial charge in [-0.05, 0) is 25.0 Å². The average molecular weight is 297 g/mol. The summed E-state index contributed by atoms with van der Waals surface area (Å²) in [7, 11) is 0. The molecule has 2 rings (SSSR count). The molecule has 0 amide bonds. The average Bonchev–Trinajstić information content (AvgIpc) is 2.87. The number of aliphatic hydroxyl groups is 2. The van der Waals surface area contributed by atoms with Gasteiger partial charge in [0.25, 0.3) is 0 Å². The van der Waals surface area contributed by atoms with E-state index in [1.54, 1.807) is 6.26 Å². The summed E-state index contributed by atoms with van der Waals surface area (Å²) < 4.78 is 10.5. The van der Waals surface area contributed by atoms with Gasteiger partial charge in [-0.1, -0.05) is 25.7 Å².